The van der Waals surface area contributed by atoms with Crippen molar-refractivity contribution in [1.29, 1.82) is 0 Å². The molecule has 166 valence electrons. The van der Waals surface area contributed by atoms with Gasteiger partial charge in [0.05, 0.1) is 15.2 Å². The van der Waals surface area contributed by atoms with Crippen LogP contribution in [0.2, 0.25) is 0 Å². The number of thiazole rings is 1. The van der Waals surface area contributed by atoms with Gasteiger partial charge in [0, 0.05) is 23.7 Å². The third kappa shape index (κ3) is 4.85. The monoisotopic (exact) mass is 435 g/mol. The molecule has 0 aliphatic carbocycles. The van der Waals surface area contributed by atoms with Gasteiger partial charge in [0.2, 0.25) is 0 Å². The van der Waals surface area contributed by atoms with Gasteiger partial charge in [-0.15, -0.1) is 11.3 Å². The minimum absolute atomic E-state index is 0.347. The summed E-state index contributed by atoms with van der Waals surface area (Å²) in [5.74, 6) is 2.24. The van der Waals surface area contributed by atoms with Crippen LogP contribution in [0.4, 0.5) is 0 Å². The Bertz CT molecular complexity index is 1020. The zero-order valence-corrected chi connectivity index (χ0v) is 20.6. The van der Waals surface area contributed by atoms with Gasteiger partial charge >= 0.3 is 0 Å². The number of fused-ring (bicyclic) bond motifs is 1. The maximum absolute atomic E-state index is 5.03. The van der Waals surface area contributed by atoms with E-state index in [0.29, 0.717) is 11.8 Å². The number of hydrogen-bond acceptors (Lipinski definition) is 4. The molecular formula is C27H37N3S. The van der Waals surface area contributed by atoms with E-state index in [1.54, 1.807) is 0 Å². The minimum Gasteiger partial charge on any atom is -0.317 e. The first-order valence-corrected chi connectivity index (χ1v) is 12.8. The van der Waals surface area contributed by atoms with Crippen LogP contribution in [-0.2, 0) is 12.8 Å². The molecule has 31 heavy (non-hydrogen) atoms. The fourth-order valence-corrected chi connectivity index (χ4v) is 6.39. The second-order valence-corrected chi connectivity index (χ2v) is 10.6. The molecule has 4 rings (SSSR count). The van der Waals surface area contributed by atoms with E-state index in [4.69, 9.17) is 9.97 Å². The van der Waals surface area contributed by atoms with Crippen LogP contribution in [-0.4, -0.2) is 23.1 Å². The molecule has 3 heterocycles. The lowest BCUT2D eigenvalue weighted by atomic mass is 9.84. The van der Waals surface area contributed by atoms with Gasteiger partial charge in [0.1, 0.15) is 0 Å². The molecule has 1 aliphatic rings. The standard InChI is InChI=1S/C27H37N3S/c1-6-23-18(3)7-8-24-26(23)31-27(30-24)20(5)19(4)25-16-21(10-14-29-25)15-22-11-13-28-12-9-17(22)2/h7-8,10,14,16-17,19-20,22,28H,6,9,11-13,15H2,1-5H3. The van der Waals surface area contributed by atoms with E-state index in [1.807, 2.05) is 17.5 Å². The summed E-state index contributed by atoms with van der Waals surface area (Å²) in [6, 6.07) is 8.98. The topological polar surface area (TPSA) is 37.8 Å². The van der Waals surface area contributed by atoms with Crippen molar-refractivity contribution in [3.05, 3.63) is 57.9 Å². The average molecular weight is 436 g/mol. The van der Waals surface area contributed by atoms with E-state index in [0.717, 1.165) is 36.9 Å². The van der Waals surface area contributed by atoms with Gasteiger partial charge in [-0.05, 0) is 92.4 Å². The Morgan fingerprint density at radius 2 is 1.94 bits per heavy atom. The van der Waals surface area contributed by atoms with Gasteiger partial charge < -0.3 is 5.32 Å². The molecule has 1 aromatic carbocycles. The number of nitrogens with one attached hydrogen (secondary N) is 1. The molecule has 1 fully saturated rings. The Balaban J connectivity index is 1.54. The summed E-state index contributed by atoms with van der Waals surface area (Å²) < 4.78 is 1.37. The van der Waals surface area contributed by atoms with Crippen molar-refractivity contribution < 1.29 is 0 Å². The predicted octanol–water partition coefficient (Wildman–Crippen LogP) is 6.65. The number of aromatic nitrogens is 2. The largest absolute Gasteiger partial charge is 0.317 e. The van der Waals surface area contributed by atoms with Crippen LogP contribution in [0.5, 0.6) is 0 Å². The van der Waals surface area contributed by atoms with Crippen molar-refractivity contribution in [2.45, 2.75) is 72.1 Å². The van der Waals surface area contributed by atoms with E-state index in [-0.39, 0.29) is 0 Å². The Kier molecular flexibility index (Phi) is 7.08. The SMILES string of the molecule is CCc1c(C)ccc2nc(C(C)C(C)c3cc(CC4CCNCCC4C)ccn3)sc12. The second kappa shape index (κ2) is 9.79. The van der Waals surface area contributed by atoms with Crippen LogP contribution in [0, 0.1) is 18.8 Å². The van der Waals surface area contributed by atoms with Crippen LogP contribution in [0.15, 0.2) is 30.5 Å². The summed E-state index contributed by atoms with van der Waals surface area (Å²) in [5.41, 5.74) is 6.63. The summed E-state index contributed by atoms with van der Waals surface area (Å²) in [6.07, 6.45) is 6.81. The lowest BCUT2D eigenvalue weighted by Gasteiger charge is -2.22. The van der Waals surface area contributed by atoms with Crippen molar-refractivity contribution in [3.8, 4) is 0 Å². The minimum atomic E-state index is 0.347. The highest BCUT2D eigenvalue weighted by Crippen LogP contribution is 2.38. The molecule has 1 aliphatic heterocycles. The fourth-order valence-electron chi connectivity index (χ4n) is 5.00. The second-order valence-electron chi connectivity index (χ2n) is 9.55. The van der Waals surface area contributed by atoms with Crippen molar-refractivity contribution in [2.75, 3.05) is 13.1 Å². The fraction of sp³-hybridized carbons (Fsp3) is 0.556. The molecule has 1 N–H and O–H groups in total. The summed E-state index contributed by atoms with van der Waals surface area (Å²) in [7, 11) is 0. The number of benzene rings is 1. The summed E-state index contributed by atoms with van der Waals surface area (Å²) in [5, 5.41) is 4.80. The Morgan fingerprint density at radius 1 is 1.13 bits per heavy atom. The summed E-state index contributed by atoms with van der Waals surface area (Å²) in [4.78, 5) is 9.81. The zero-order chi connectivity index (χ0) is 22.0. The lowest BCUT2D eigenvalue weighted by molar-refractivity contribution is 0.345. The molecule has 0 bridgehead atoms. The number of rotatable bonds is 6. The Morgan fingerprint density at radius 3 is 2.74 bits per heavy atom. The molecule has 0 saturated carbocycles. The molecule has 0 radical (unpaired) electrons. The molecule has 0 amide bonds. The van der Waals surface area contributed by atoms with Gasteiger partial charge in [0.15, 0.2) is 0 Å². The maximum Gasteiger partial charge on any atom is 0.0973 e. The smallest absolute Gasteiger partial charge is 0.0973 e. The number of pyridine rings is 1. The van der Waals surface area contributed by atoms with Crippen LogP contribution >= 0.6 is 11.3 Å². The first-order valence-electron chi connectivity index (χ1n) is 12.0. The quantitative estimate of drug-likeness (QED) is 0.471. The Labute approximate surface area is 191 Å². The highest BCUT2D eigenvalue weighted by molar-refractivity contribution is 7.18. The third-order valence-corrected chi connectivity index (χ3v) is 8.82. The van der Waals surface area contributed by atoms with Gasteiger partial charge in [-0.1, -0.05) is 33.8 Å². The highest BCUT2D eigenvalue weighted by Gasteiger charge is 2.24. The molecule has 4 unspecified atom stereocenters. The van der Waals surface area contributed by atoms with Crippen molar-refractivity contribution >= 4 is 21.6 Å². The maximum atomic E-state index is 5.03. The van der Waals surface area contributed by atoms with Crippen LogP contribution in [0.25, 0.3) is 10.2 Å². The van der Waals surface area contributed by atoms with Crippen molar-refractivity contribution in [2.24, 2.45) is 11.8 Å². The molecular weight excluding hydrogens is 398 g/mol. The van der Waals surface area contributed by atoms with Crippen LogP contribution in [0.3, 0.4) is 0 Å². The Hall–Kier alpha value is -1.78. The number of hydrogen-bond donors (Lipinski definition) is 1. The van der Waals surface area contributed by atoms with Gasteiger partial charge in [-0.25, -0.2) is 4.98 Å². The van der Waals surface area contributed by atoms with E-state index in [2.05, 4.69) is 64.2 Å². The molecule has 0 spiro atoms. The van der Waals surface area contributed by atoms with Crippen LogP contribution < -0.4 is 5.32 Å². The van der Waals surface area contributed by atoms with E-state index in [1.165, 1.54) is 51.4 Å². The first-order chi connectivity index (χ1) is 15.0. The average Bonchev–Trinajstić information content (AvgIpc) is 3.11. The molecule has 4 heteroatoms. The van der Waals surface area contributed by atoms with Crippen molar-refractivity contribution in [3.63, 3.8) is 0 Å². The normalized spacial score (nSPS) is 21.7. The third-order valence-electron chi connectivity index (χ3n) is 7.49. The van der Waals surface area contributed by atoms with Gasteiger partial charge in [-0.2, -0.15) is 0 Å². The summed E-state index contributed by atoms with van der Waals surface area (Å²) >= 11 is 1.88. The molecule has 4 atom stereocenters. The van der Waals surface area contributed by atoms with E-state index < -0.39 is 0 Å². The van der Waals surface area contributed by atoms with E-state index in [9.17, 15) is 0 Å². The molecule has 2 aromatic heterocycles. The number of aryl methyl sites for hydroxylation is 2. The van der Waals surface area contributed by atoms with Crippen LogP contribution in [0.1, 0.15) is 79.8 Å². The molecule has 1 saturated heterocycles. The predicted molar refractivity (Wildman–Crippen MR) is 133 cm³/mol. The summed E-state index contributed by atoms with van der Waals surface area (Å²) in [6.45, 7) is 13.8. The van der Waals surface area contributed by atoms with Gasteiger partial charge in [0.25, 0.3) is 0 Å². The zero-order valence-electron chi connectivity index (χ0n) is 19.7. The highest BCUT2D eigenvalue weighted by atomic mass is 32.1. The van der Waals surface area contributed by atoms with Gasteiger partial charge in [-0.3, -0.25) is 4.98 Å². The lowest BCUT2D eigenvalue weighted by Crippen LogP contribution is -2.15. The number of nitrogens with zero attached hydrogens (tertiary/aromatic N) is 2. The first kappa shape index (κ1) is 22.4. The van der Waals surface area contributed by atoms with E-state index >= 15 is 0 Å². The molecule has 3 nitrogen and oxygen atoms in total. The van der Waals surface area contributed by atoms with Crippen molar-refractivity contribution in [1.82, 2.24) is 15.3 Å². The molecule has 3 aromatic rings.